The topological polar surface area (TPSA) is 122 Å². The van der Waals surface area contributed by atoms with Crippen LogP contribution in [0.2, 0.25) is 0 Å². The van der Waals surface area contributed by atoms with Crippen molar-refractivity contribution < 1.29 is 13.2 Å². The number of aromatic amines is 1. The van der Waals surface area contributed by atoms with Gasteiger partial charge in [-0.1, -0.05) is 0 Å². The average Bonchev–Trinajstić information content (AvgIpc) is 2.86. The highest BCUT2D eigenvalue weighted by Gasteiger charge is 2.35. The SMILES string of the molecule is CCN(C(=O)c1nc(N)n[nH]1)C1CCS(=O)(=O)C1. The number of rotatable bonds is 3. The number of sulfone groups is 1. The summed E-state index contributed by atoms with van der Waals surface area (Å²) in [5.41, 5.74) is 5.33. The molecule has 2 heterocycles. The minimum absolute atomic E-state index is 0.00607. The second-order valence-electron chi connectivity index (χ2n) is 4.19. The van der Waals surface area contributed by atoms with Gasteiger partial charge in [-0.25, -0.2) is 8.42 Å². The molecular weight excluding hydrogens is 258 g/mol. The molecule has 0 radical (unpaired) electrons. The number of nitrogens with zero attached hydrogens (tertiary/aromatic N) is 3. The summed E-state index contributed by atoms with van der Waals surface area (Å²) >= 11 is 0. The molecule has 1 saturated heterocycles. The number of hydrogen-bond acceptors (Lipinski definition) is 6. The average molecular weight is 273 g/mol. The number of nitrogens with one attached hydrogen (secondary N) is 1. The first-order chi connectivity index (χ1) is 8.43. The lowest BCUT2D eigenvalue weighted by Crippen LogP contribution is -2.41. The number of aromatic nitrogens is 3. The molecule has 8 nitrogen and oxygen atoms in total. The summed E-state index contributed by atoms with van der Waals surface area (Å²) in [5.74, 6) is -0.202. The van der Waals surface area contributed by atoms with Gasteiger partial charge in [-0.2, -0.15) is 4.98 Å². The van der Waals surface area contributed by atoms with E-state index < -0.39 is 9.84 Å². The van der Waals surface area contributed by atoms with E-state index in [9.17, 15) is 13.2 Å². The molecule has 0 saturated carbocycles. The van der Waals surface area contributed by atoms with Crippen molar-refractivity contribution in [3.63, 3.8) is 0 Å². The molecule has 1 atom stereocenters. The predicted molar refractivity (Wildman–Crippen MR) is 64.6 cm³/mol. The third kappa shape index (κ3) is 2.45. The molecule has 1 aliphatic rings. The van der Waals surface area contributed by atoms with Gasteiger partial charge < -0.3 is 10.6 Å². The molecule has 1 unspecified atom stereocenters. The summed E-state index contributed by atoms with van der Waals surface area (Å²) in [6, 6.07) is -0.293. The Balaban J connectivity index is 2.17. The Kier molecular flexibility index (Phi) is 3.24. The molecule has 18 heavy (non-hydrogen) atoms. The molecule has 0 aromatic carbocycles. The summed E-state index contributed by atoms with van der Waals surface area (Å²) in [6.07, 6.45) is 0.464. The Bertz CT molecular complexity index is 552. The van der Waals surface area contributed by atoms with Crippen LogP contribution in [-0.2, 0) is 9.84 Å². The Labute approximate surface area is 104 Å². The third-order valence-corrected chi connectivity index (χ3v) is 4.71. The Morgan fingerprint density at radius 2 is 2.33 bits per heavy atom. The van der Waals surface area contributed by atoms with Gasteiger partial charge >= 0.3 is 0 Å². The molecule has 0 spiro atoms. The zero-order valence-corrected chi connectivity index (χ0v) is 10.8. The lowest BCUT2D eigenvalue weighted by molar-refractivity contribution is 0.0696. The maximum atomic E-state index is 12.1. The van der Waals surface area contributed by atoms with Crippen LogP contribution in [0.15, 0.2) is 0 Å². The zero-order valence-electron chi connectivity index (χ0n) is 9.96. The van der Waals surface area contributed by atoms with E-state index in [2.05, 4.69) is 15.2 Å². The van der Waals surface area contributed by atoms with Crippen molar-refractivity contribution in [2.45, 2.75) is 19.4 Å². The third-order valence-electron chi connectivity index (χ3n) is 2.96. The first-order valence-corrected chi connectivity index (χ1v) is 7.44. The fourth-order valence-electron chi connectivity index (χ4n) is 2.10. The molecule has 0 aliphatic carbocycles. The molecule has 9 heteroatoms. The van der Waals surface area contributed by atoms with Crippen molar-refractivity contribution in [1.29, 1.82) is 0 Å². The molecule has 2 rings (SSSR count). The Morgan fingerprint density at radius 3 is 2.78 bits per heavy atom. The van der Waals surface area contributed by atoms with Crippen LogP contribution in [-0.4, -0.2) is 58.5 Å². The van der Waals surface area contributed by atoms with Gasteiger partial charge in [0, 0.05) is 12.6 Å². The summed E-state index contributed by atoms with van der Waals surface area (Å²) < 4.78 is 22.9. The number of amides is 1. The van der Waals surface area contributed by atoms with E-state index >= 15 is 0 Å². The summed E-state index contributed by atoms with van der Waals surface area (Å²) in [7, 11) is -3.03. The first kappa shape index (κ1) is 12.8. The molecule has 1 aliphatic heterocycles. The standard InChI is InChI=1S/C9H15N5O3S/c1-2-14(6-3-4-18(16,17)5-6)8(15)7-11-9(10)13-12-7/h6H,2-5H2,1H3,(H3,10,11,12,13). The predicted octanol–water partition coefficient (Wildman–Crippen LogP) is -0.964. The van der Waals surface area contributed by atoms with Gasteiger partial charge in [0.25, 0.3) is 5.91 Å². The highest BCUT2D eigenvalue weighted by Crippen LogP contribution is 2.19. The summed E-state index contributed by atoms with van der Waals surface area (Å²) in [4.78, 5) is 17.4. The maximum Gasteiger partial charge on any atom is 0.291 e. The largest absolute Gasteiger partial charge is 0.366 e. The van der Waals surface area contributed by atoms with E-state index in [0.717, 1.165) is 0 Å². The van der Waals surface area contributed by atoms with Crippen LogP contribution in [0.3, 0.4) is 0 Å². The van der Waals surface area contributed by atoms with Gasteiger partial charge in [-0.3, -0.25) is 9.89 Å². The number of carbonyl (C=O) groups is 1. The van der Waals surface area contributed by atoms with Gasteiger partial charge in [0.05, 0.1) is 11.5 Å². The minimum atomic E-state index is -3.03. The van der Waals surface area contributed by atoms with Gasteiger partial charge in [-0.15, -0.1) is 5.10 Å². The summed E-state index contributed by atoms with van der Waals surface area (Å²) in [5, 5.41) is 6.02. The van der Waals surface area contributed by atoms with E-state index in [-0.39, 0.29) is 35.2 Å². The van der Waals surface area contributed by atoms with Crippen LogP contribution >= 0.6 is 0 Å². The number of H-pyrrole nitrogens is 1. The molecule has 1 fully saturated rings. The van der Waals surface area contributed by atoms with Crippen LogP contribution in [0.25, 0.3) is 0 Å². The molecule has 1 aromatic heterocycles. The molecule has 0 bridgehead atoms. The second-order valence-corrected chi connectivity index (χ2v) is 6.42. The maximum absolute atomic E-state index is 12.1. The number of nitrogens with two attached hydrogens (primary N) is 1. The van der Waals surface area contributed by atoms with Crippen molar-refractivity contribution in [2.24, 2.45) is 0 Å². The molecule has 1 aromatic rings. The van der Waals surface area contributed by atoms with Crippen molar-refractivity contribution >= 4 is 21.7 Å². The zero-order chi connectivity index (χ0) is 13.3. The van der Waals surface area contributed by atoms with Crippen molar-refractivity contribution in [2.75, 3.05) is 23.8 Å². The number of anilines is 1. The van der Waals surface area contributed by atoms with Gasteiger partial charge in [-0.05, 0) is 13.3 Å². The summed E-state index contributed by atoms with van der Waals surface area (Å²) in [6.45, 7) is 2.21. The van der Waals surface area contributed by atoms with Crippen LogP contribution in [0, 0.1) is 0 Å². The van der Waals surface area contributed by atoms with E-state index in [0.29, 0.717) is 13.0 Å². The smallest absolute Gasteiger partial charge is 0.291 e. The monoisotopic (exact) mass is 273 g/mol. The lowest BCUT2D eigenvalue weighted by atomic mass is 10.2. The fraction of sp³-hybridized carbons (Fsp3) is 0.667. The minimum Gasteiger partial charge on any atom is -0.366 e. The highest BCUT2D eigenvalue weighted by molar-refractivity contribution is 7.91. The lowest BCUT2D eigenvalue weighted by Gasteiger charge is -2.25. The molecular formula is C9H15N5O3S. The fourth-order valence-corrected chi connectivity index (χ4v) is 3.83. The van der Waals surface area contributed by atoms with Crippen molar-refractivity contribution in [3.8, 4) is 0 Å². The second kappa shape index (κ2) is 4.56. The van der Waals surface area contributed by atoms with Crippen LogP contribution in [0.5, 0.6) is 0 Å². The van der Waals surface area contributed by atoms with Crippen LogP contribution < -0.4 is 5.73 Å². The number of nitrogen functional groups attached to an aromatic ring is 1. The van der Waals surface area contributed by atoms with Crippen molar-refractivity contribution in [1.82, 2.24) is 20.1 Å². The quantitative estimate of drug-likeness (QED) is 0.731. The van der Waals surface area contributed by atoms with Crippen LogP contribution in [0.4, 0.5) is 5.95 Å². The van der Waals surface area contributed by atoms with E-state index in [1.807, 2.05) is 0 Å². The molecule has 100 valence electrons. The Hall–Kier alpha value is -1.64. The van der Waals surface area contributed by atoms with Crippen LogP contribution in [0.1, 0.15) is 24.0 Å². The van der Waals surface area contributed by atoms with Gasteiger partial charge in [0.15, 0.2) is 9.84 Å². The van der Waals surface area contributed by atoms with Gasteiger partial charge in [0.2, 0.25) is 11.8 Å². The Morgan fingerprint density at radius 1 is 1.61 bits per heavy atom. The molecule has 3 N–H and O–H groups in total. The van der Waals surface area contributed by atoms with E-state index in [1.165, 1.54) is 4.90 Å². The van der Waals surface area contributed by atoms with E-state index in [1.54, 1.807) is 6.92 Å². The first-order valence-electron chi connectivity index (χ1n) is 5.62. The number of hydrogen-bond donors (Lipinski definition) is 2. The normalized spacial score (nSPS) is 21.9. The van der Waals surface area contributed by atoms with Gasteiger partial charge in [0.1, 0.15) is 0 Å². The highest BCUT2D eigenvalue weighted by atomic mass is 32.2. The number of carbonyl (C=O) groups excluding carboxylic acids is 1. The van der Waals surface area contributed by atoms with Crippen molar-refractivity contribution in [3.05, 3.63) is 5.82 Å². The molecule has 1 amide bonds. The van der Waals surface area contributed by atoms with E-state index in [4.69, 9.17) is 5.73 Å².